The number of nitrogens with zero attached hydrogens (tertiary/aromatic N) is 1. The van der Waals surface area contributed by atoms with E-state index in [1.807, 2.05) is 26.9 Å². The molecule has 86 valence electrons. The monoisotopic (exact) mass is 225 g/mol. The van der Waals surface area contributed by atoms with E-state index in [4.69, 9.17) is 0 Å². The van der Waals surface area contributed by atoms with Crippen molar-refractivity contribution in [3.63, 3.8) is 0 Å². The SMILES string of the molecule is Bc1ccc2nc(C)c(CC)c(C(=C)O)c2c1. The zero-order chi connectivity index (χ0) is 12.6. The summed E-state index contributed by atoms with van der Waals surface area (Å²) in [5, 5.41) is 10.8. The first-order chi connectivity index (χ1) is 8.04. The maximum atomic E-state index is 9.83. The lowest BCUT2D eigenvalue weighted by Gasteiger charge is -2.13. The first-order valence-electron chi connectivity index (χ1n) is 5.82. The molecular formula is C14H16BNO. The second-order valence-corrected chi connectivity index (χ2v) is 4.37. The Labute approximate surface area is 102 Å². The highest BCUT2D eigenvalue weighted by Gasteiger charge is 2.13. The molecule has 1 heterocycles. The lowest BCUT2D eigenvalue weighted by molar-refractivity contribution is 0.513. The Bertz CT molecular complexity index is 605. The number of hydrogen-bond donors (Lipinski definition) is 1. The number of fused-ring (bicyclic) bond motifs is 1. The molecule has 1 N–H and O–H groups in total. The minimum Gasteiger partial charge on any atom is -0.508 e. The summed E-state index contributed by atoms with van der Waals surface area (Å²) in [6.07, 6.45) is 0.845. The van der Waals surface area contributed by atoms with Crippen molar-refractivity contribution in [3.8, 4) is 0 Å². The van der Waals surface area contributed by atoms with Crippen molar-refractivity contribution in [3.05, 3.63) is 41.6 Å². The number of aryl methyl sites for hydroxylation is 1. The van der Waals surface area contributed by atoms with Crippen molar-refractivity contribution < 1.29 is 5.11 Å². The number of aromatic nitrogens is 1. The molecule has 3 heteroatoms. The van der Waals surface area contributed by atoms with Crippen LogP contribution >= 0.6 is 0 Å². The van der Waals surface area contributed by atoms with E-state index in [0.29, 0.717) is 0 Å². The zero-order valence-electron chi connectivity index (χ0n) is 10.5. The number of rotatable bonds is 2. The lowest BCUT2D eigenvalue weighted by Crippen LogP contribution is -2.05. The van der Waals surface area contributed by atoms with Crippen LogP contribution in [0, 0.1) is 6.92 Å². The van der Waals surface area contributed by atoms with Gasteiger partial charge < -0.3 is 5.11 Å². The van der Waals surface area contributed by atoms with Crippen molar-refractivity contribution >= 4 is 30.0 Å². The standard InChI is InChI=1S/C14H16BNO/c1-4-11-8(2)16-13-6-5-10(15)7-12(13)14(11)9(3)17/h5-7,17H,3-4,15H2,1-2H3. The van der Waals surface area contributed by atoms with Crippen LogP contribution in [0.4, 0.5) is 0 Å². The molecule has 0 radical (unpaired) electrons. The highest BCUT2D eigenvalue weighted by Crippen LogP contribution is 2.27. The highest BCUT2D eigenvalue weighted by atomic mass is 16.3. The summed E-state index contributed by atoms with van der Waals surface area (Å²) < 4.78 is 0. The quantitative estimate of drug-likeness (QED) is 0.625. The fraction of sp³-hybridized carbons (Fsp3) is 0.214. The van der Waals surface area contributed by atoms with E-state index >= 15 is 0 Å². The highest BCUT2D eigenvalue weighted by molar-refractivity contribution is 6.33. The van der Waals surface area contributed by atoms with Gasteiger partial charge in [0, 0.05) is 16.6 Å². The molecule has 0 saturated carbocycles. The fourth-order valence-electron chi connectivity index (χ4n) is 2.30. The fourth-order valence-corrected chi connectivity index (χ4v) is 2.30. The van der Waals surface area contributed by atoms with Crippen molar-refractivity contribution in [1.82, 2.24) is 4.98 Å². The predicted molar refractivity (Wildman–Crippen MR) is 75.7 cm³/mol. The molecule has 0 atom stereocenters. The van der Waals surface area contributed by atoms with Crippen LogP contribution in [0.3, 0.4) is 0 Å². The Morgan fingerprint density at radius 1 is 1.47 bits per heavy atom. The second kappa shape index (κ2) is 4.25. The molecular weight excluding hydrogens is 209 g/mol. The second-order valence-electron chi connectivity index (χ2n) is 4.37. The molecule has 0 aliphatic rings. The summed E-state index contributed by atoms with van der Waals surface area (Å²) in [5.41, 5.74) is 4.96. The number of pyridine rings is 1. The zero-order valence-corrected chi connectivity index (χ0v) is 10.5. The van der Waals surface area contributed by atoms with Crippen molar-refractivity contribution in [2.75, 3.05) is 0 Å². The molecule has 0 spiro atoms. The van der Waals surface area contributed by atoms with Crippen LogP contribution in [0.1, 0.15) is 23.7 Å². The van der Waals surface area contributed by atoms with Crippen LogP contribution in [-0.4, -0.2) is 17.9 Å². The third-order valence-corrected chi connectivity index (χ3v) is 3.09. The summed E-state index contributed by atoms with van der Waals surface area (Å²) >= 11 is 0. The molecule has 0 aliphatic carbocycles. The van der Waals surface area contributed by atoms with E-state index in [9.17, 15) is 5.11 Å². The molecule has 0 amide bonds. The summed E-state index contributed by atoms with van der Waals surface area (Å²) in [6.45, 7) is 7.73. The Hall–Kier alpha value is -1.77. The smallest absolute Gasteiger partial charge is 0.139 e. The van der Waals surface area contributed by atoms with E-state index in [0.717, 1.165) is 39.6 Å². The number of aliphatic hydroxyl groups is 1. The molecule has 0 saturated heterocycles. The molecule has 2 aromatic rings. The Morgan fingerprint density at radius 3 is 2.76 bits per heavy atom. The molecule has 0 unspecified atom stereocenters. The van der Waals surface area contributed by atoms with Gasteiger partial charge in [-0.1, -0.05) is 31.1 Å². The summed E-state index contributed by atoms with van der Waals surface area (Å²) in [6, 6.07) is 6.07. The van der Waals surface area contributed by atoms with Crippen LogP contribution < -0.4 is 5.46 Å². The first-order valence-corrected chi connectivity index (χ1v) is 5.82. The number of benzene rings is 1. The maximum absolute atomic E-state index is 9.83. The largest absolute Gasteiger partial charge is 0.508 e. The Kier molecular flexibility index (Phi) is 2.92. The third kappa shape index (κ3) is 1.93. The van der Waals surface area contributed by atoms with Gasteiger partial charge >= 0.3 is 0 Å². The Balaban J connectivity index is 2.94. The van der Waals surface area contributed by atoms with Gasteiger partial charge in [-0.15, -0.1) is 0 Å². The van der Waals surface area contributed by atoms with E-state index in [1.165, 1.54) is 0 Å². The molecule has 0 fully saturated rings. The lowest BCUT2D eigenvalue weighted by atomic mass is 9.91. The van der Waals surface area contributed by atoms with E-state index < -0.39 is 0 Å². The minimum absolute atomic E-state index is 0.128. The molecule has 0 aliphatic heterocycles. The van der Waals surface area contributed by atoms with Crippen LogP contribution in [0.5, 0.6) is 0 Å². The van der Waals surface area contributed by atoms with Gasteiger partial charge in [0.15, 0.2) is 0 Å². The van der Waals surface area contributed by atoms with Crippen molar-refractivity contribution in [1.29, 1.82) is 0 Å². The van der Waals surface area contributed by atoms with Crippen molar-refractivity contribution in [2.24, 2.45) is 0 Å². The van der Waals surface area contributed by atoms with Crippen LogP contribution in [-0.2, 0) is 6.42 Å². The number of hydrogen-bond acceptors (Lipinski definition) is 2. The molecule has 0 bridgehead atoms. The maximum Gasteiger partial charge on any atom is 0.139 e. The molecule has 17 heavy (non-hydrogen) atoms. The normalized spacial score (nSPS) is 10.7. The summed E-state index contributed by atoms with van der Waals surface area (Å²) in [5.74, 6) is 0.128. The molecule has 2 rings (SSSR count). The molecule has 1 aromatic carbocycles. The van der Waals surface area contributed by atoms with Gasteiger partial charge in [-0.3, -0.25) is 4.98 Å². The van der Waals surface area contributed by atoms with Gasteiger partial charge in [0.2, 0.25) is 0 Å². The first kappa shape index (κ1) is 11.7. The van der Waals surface area contributed by atoms with Crippen LogP contribution in [0.25, 0.3) is 16.7 Å². The predicted octanol–water partition coefficient (Wildman–Crippen LogP) is 1.89. The van der Waals surface area contributed by atoms with E-state index in [2.05, 4.69) is 24.6 Å². The van der Waals surface area contributed by atoms with Gasteiger partial charge in [-0.05, 0) is 25.0 Å². The van der Waals surface area contributed by atoms with Gasteiger partial charge in [-0.2, -0.15) is 0 Å². The number of aliphatic hydroxyl groups excluding tert-OH is 1. The van der Waals surface area contributed by atoms with E-state index in [-0.39, 0.29) is 5.76 Å². The Morgan fingerprint density at radius 2 is 2.18 bits per heavy atom. The van der Waals surface area contributed by atoms with Gasteiger partial charge in [-0.25, -0.2) is 0 Å². The van der Waals surface area contributed by atoms with Crippen LogP contribution in [0.15, 0.2) is 24.8 Å². The van der Waals surface area contributed by atoms with Gasteiger partial charge in [0.25, 0.3) is 0 Å². The molecule has 1 aromatic heterocycles. The average molecular weight is 225 g/mol. The summed E-state index contributed by atoms with van der Waals surface area (Å²) in [7, 11) is 2.04. The third-order valence-electron chi connectivity index (χ3n) is 3.09. The topological polar surface area (TPSA) is 33.1 Å². The average Bonchev–Trinajstić information content (AvgIpc) is 2.27. The van der Waals surface area contributed by atoms with E-state index in [1.54, 1.807) is 0 Å². The van der Waals surface area contributed by atoms with Gasteiger partial charge in [0.1, 0.15) is 13.6 Å². The van der Waals surface area contributed by atoms with Gasteiger partial charge in [0.05, 0.1) is 5.52 Å². The molecule has 2 nitrogen and oxygen atoms in total. The van der Waals surface area contributed by atoms with Crippen molar-refractivity contribution in [2.45, 2.75) is 20.3 Å². The summed E-state index contributed by atoms with van der Waals surface area (Å²) in [4.78, 5) is 4.58. The minimum atomic E-state index is 0.128. The van der Waals surface area contributed by atoms with Crippen LogP contribution in [0.2, 0.25) is 0 Å².